The van der Waals surface area contributed by atoms with Crippen LogP contribution < -0.4 is 16.0 Å². The Morgan fingerprint density at radius 2 is 2.25 bits per heavy atom. The van der Waals surface area contributed by atoms with Gasteiger partial charge in [0.15, 0.2) is 0 Å². The summed E-state index contributed by atoms with van der Waals surface area (Å²) in [5.41, 5.74) is 7.83. The Bertz CT molecular complexity index is 488. The van der Waals surface area contributed by atoms with Crippen molar-refractivity contribution in [3.63, 3.8) is 0 Å². The van der Waals surface area contributed by atoms with E-state index in [1.165, 1.54) is 7.11 Å². The number of hydrogen-bond acceptors (Lipinski definition) is 5. The van der Waals surface area contributed by atoms with Crippen molar-refractivity contribution in [2.45, 2.75) is 19.9 Å². The number of benzene rings is 1. The van der Waals surface area contributed by atoms with Crippen LogP contribution in [0.15, 0.2) is 18.2 Å². The third-order valence-corrected chi connectivity index (χ3v) is 3.79. The highest BCUT2D eigenvalue weighted by Gasteiger charge is 2.28. The fourth-order valence-corrected chi connectivity index (χ4v) is 2.70. The Morgan fingerprint density at radius 1 is 1.50 bits per heavy atom. The summed E-state index contributed by atoms with van der Waals surface area (Å²) in [6.07, 6.45) is 0. The van der Waals surface area contributed by atoms with Crippen molar-refractivity contribution in [3.8, 4) is 0 Å². The summed E-state index contributed by atoms with van der Waals surface area (Å²) in [5.74, 6) is 0.152. The summed E-state index contributed by atoms with van der Waals surface area (Å²) >= 11 is 0. The van der Waals surface area contributed by atoms with Crippen LogP contribution in [0.4, 0.5) is 11.4 Å². The predicted octanol–water partition coefficient (Wildman–Crippen LogP) is 1.49. The van der Waals surface area contributed by atoms with Crippen LogP contribution in [0.25, 0.3) is 0 Å². The Balaban J connectivity index is 2.41. The number of rotatable bonds is 3. The Labute approximate surface area is 120 Å². The van der Waals surface area contributed by atoms with Gasteiger partial charge < -0.3 is 20.7 Å². The van der Waals surface area contributed by atoms with Crippen molar-refractivity contribution in [1.29, 1.82) is 0 Å². The summed E-state index contributed by atoms with van der Waals surface area (Å²) in [4.78, 5) is 14.3. The lowest BCUT2D eigenvalue weighted by molar-refractivity contribution is 0.0601. The van der Waals surface area contributed by atoms with E-state index in [9.17, 15) is 4.79 Å². The number of carbonyl (C=O) groups is 1. The minimum absolute atomic E-state index is 0.340. The van der Waals surface area contributed by atoms with Crippen molar-refractivity contribution < 1.29 is 9.53 Å². The van der Waals surface area contributed by atoms with Gasteiger partial charge in [-0.15, -0.1) is 0 Å². The van der Waals surface area contributed by atoms with Gasteiger partial charge in [-0.25, -0.2) is 4.79 Å². The second-order valence-corrected chi connectivity index (χ2v) is 5.48. The zero-order valence-electron chi connectivity index (χ0n) is 12.3. The summed E-state index contributed by atoms with van der Waals surface area (Å²) in [6, 6.07) is 5.81. The van der Waals surface area contributed by atoms with E-state index in [2.05, 4.69) is 24.1 Å². The SMILES string of the molecule is COC(=O)c1cc(N)ccc1N1CCNCC1C(C)C. The van der Waals surface area contributed by atoms with Gasteiger partial charge in [-0.1, -0.05) is 13.8 Å². The van der Waals surface area contributed by atoms with Crippen LogP contribution >= 0.6 is 0 Å². The highest BCUT2D eigenvalue weighted by molar-refractivity contribution is 5.97. The lowest BCUT2D eigenvalue weighted by atomic mass is 9.98. The average molecular weight is 277 g/mol. The number of ether oxygens (including phenoxy) is 1. The third-order valence-electron chi connectivity index (χ3n) is 3.79. The van der Waals surface area contributed by atoms with Crippen LogP contribution in [0.5, 0.6) is 0 Å². The fraction of sp³-hybridized carbons (Fsp3) is 0.533. The summed E-state index contributed by atoms with van der Waals surface area (Å²) in [5, 5.41) is 3.41. The maximum absolute atomic E-state index is 12.0. The molecule has 0 saturated carbocycles. The number of nitrogens with two attached hydrogens (primary N) is 1. The normalized spacial score (nSPS) is 19.2. The molecule has 1 fully saturated rings. The van der Waals surface area contributed by atoms with Gasteiger partial charge >= 0.3 is 5.97 Å². The highest BCUT2D eigenvalue weighted by atomic mass is 16.5. The van der Waals surface area contributed by atoms with Gasteiger partial charge in [-0.2, -0.15) is 0 Å². The van der Waals surface area contributed by atoms with Gasteiger partial charge in [-0.05, 0) is 24.1 Å². The van der Waals surface area contributed by atoms with E-state index in [-0.39, 0.29) is 5.97 Å². The molecule has 1 aromatic carbocycles. The smallest absolute Gasteiger partial charge is 0.340 e. The molecule has 1 aliphatic heterocycles. The molecule has 20 heavy (non-hydrogen) atoms. The maximum atomic E-state index is 12.0. The second-order valence-electron chi connectivity index (χ2n) is 5.48. The van der Waals surface area contributed by atoms with E-state index in [1.54, 1.807) is 6.07 Å². The lowest BCUT2D eigenvalue weighted by Crippen LogP contribution is -2.54. The number of nitrogens with one attached hydrogen (secondary N) is 1. The molecule has 110 valence electrons. The number of methoxy groups -OCH3 is 1. The van der Waals surface area contributed by atoms with Crippen molar-refractivity contribution in [1.82, 2.24) is 5.32 Å². The van der Waals surface area contributed by atoms with E-state index < -0.39 is 0 Å². The fourth-order valence-electron chi connectivity index (χ4n) is 2.70. The summed E-state index contributed by atoms with van der Waals surface area (Å²) in [6.45, 7) is 7.09. The van der Waals surface area contributed by atoms with E-state index in [1.807, 2.05) is 12.1 Å². The number of anilines is 2. The molecule has 0 bridgehead atoms. The molecule has 3 N–H and O–H groups in total. The molecular formula is C15H23N3O2. The molecule has 1 atom stereocenters. The average Bonchev–Trinajstić information content (AvgIpc) is 2.46. The first kappa shape index (κ1) is 14.7. The van der Waals surface area contributed by atoms with Crippen LogP contribution in [0, 0.1) is 5.92 Å². The number of nitrogen functional groups attached to an aromatic ring is 1. The molecule has 1 aromatic rings. The quantitative estimate of drug-likeness (QED) is 0.647. The minimum Gasteiger partial charge on any atom is -0.465 e. The molecular weight excluding hydrogens is 254 g/mol. The number of piperazine rings is 1. The number of nitrogens with zero attached hydrogens (tertiary/aromatic N) is 1. The van der Waals surface area contributed by atoms with Gasteiger partial charge in [0.05, 0.1) is 18.4 Å². The molecule has 1 unspecified atom stereocenters. The maximum Gasteiger partial charge on any atom is 0.340 e. The van der Waals surface area contributed by atoms with E-state index >= 15 is 0 Å². The monoisotopic (exact) mass is 277 g/mol. The first-order valence-corrected chi connectivity index (χ1v) is 6.99. The Kier molecular flexibility index (Phi) is 4.49. The molecule has 5 nitrogen and oxygen atoms in total. The van der Waals surface area contributed by atoms with Gasteiger partial charge in [-0.3, -0.25) is 0 Å². The standard InChI is InChI=1S/C15H23N3O2/c1-10(2)14-9-17-6-7-18(14)13-5-4-11(16)8-12(13)15(19)20-3/h4-5,8,10,14,17H,6-7,9,16H2,1-3H3. The largest absolute Gasteiger partial charge is 0.465 e. The van der Waals surface area contributed by atoms with E-state index in [0.29, 0.717) is 23.2 Å². The van der Waals surface area contributed by atoms with Crippen LogP contribution in [-0.2, 0) is 4.74 Å². The predicted molar refractivity (Wildman–Crippen MR) is 81.0 cm³/mol. The van der Waals surface area contributed by atoms with Gasteiger partial charge in [0.2, 0.25) is 0 Å². The molecule has 0 radical (unpaired) electrons. The molecule has 0 aliphatic carbocycles. The van der Waals surface area contributed by atoms with Crippen molar-refractivity contribution in [2.24, 2.45) is 5.92 Å². The first-order chi connectivity index (χ1) is 9.54. The van der Waals surface area contributed by atoms with Crippen molar-refractivity contribution in [3.05, 3.63) is 23.8 Å². The molecule has 1 aliphatic rings. The number of esters is 1. The molecule has 0 amide bonds. The van der Waals surface area contributed by atoms with E-state index in [4.69, 9.17) is 10.5 Å². The van der Waals surface area contributed by atoms with Gasteiger partial charge in [0.25, 0.3) is 0 Å². The number of hydrogen-bond donors (Lipinski definition) is 2. The van der Waals surface area contributed by atoms with Gasteiger partial charge in [0, 0.05) is 31.4 Å². The van der Waals surface area contributed by atoms with Crippen LogP contribution in [0.3, 0.4) is 0 Å². The summed E-state index contributed by atoms with van der Waals surface area (Å²) < 4.78 is 4.88. The van der Waals surface area contributed by atoms with Crippen LogP contribution in [0.2, 0.25) is 0 Å². The molecule has 5 heteroatoms. The molecule has 2 rings (SSSR count). The van der Waals surface area contributed by atoms with Crippen LogP contribution in [-0.4, -0.2) is 38.8 Å². The Morgan fingerprint density at radius 3 is 2.90 bits per heavy atom. The highest BCUT2D eigenvalue weighted by Crippen LogP contribution is 2.28. The summed E-state index contributed by atoms with van der Waals surface area (Å²) in [7, 11) is 1.40. The zero-order valence-corrected chi connectivity index (χ0v) is 12.3. The zero-order chi connectivity index (χ0) is 14.7. The van der Waals surface area contributed by atoms with Crippen LogP contribution in [0.1, 0.15) is 24.2 Å². The van der Waals surface area contributed by atoms with Gasteiger partial charge in [0.1, 0.15) is 0 Å². The van der Waals surface area contributed by atoms with E-state index in [0.717, 1.165) is 25.3 Å². The molecule has 1 heterocycles. The Hall–Kier alpha value is -1.75. The third kappa shape index (κ3) is 2.88. The first-order valence-electron chi connectivity index (χ1n) is 6.99. The lowest BCUT2D eigenvalue weighted by Gasteiger charge is -2.41. The topological polar surface area (TPSA) is 67.6 Å². The minimum atomic E-state index is -0.340. The van der Waals surface area contributed by atoms with Crippen molar-refractivity contribution in [2.75, 3.05) is 37.4 Å². The molecule has 1 saturated heterocycles. The second kappa shape index (κ2) is 6.13. The molecule has 0 spiro atoms. The number of carbonyl (C=O) groups excluding carboxylic acids is 1. The molecule has 0 aromatic heterocycles. The van der Waals surface area contributed by atoms with Crippen molar-refractivity contribution >= 4 is 17.3 Å².